The zero-order valence-electron chi connectivity index (χ0n) is 9.03. The molecule has 0 spiro atoms. The fourth-order valence-corrected chi connectivity index (χ4v) is 1.66. The molecular formula is C11H14FNO2S. The van der Waals surface area contributed by atoms with Crippen LogP contribution >= 0.6 is 11.8 Å². The van der Waals surface area contributed by atoms with Crippen LogP contribution in [0.4, 0.5) is 10.1 Å². The molecule has 0 heterocycles. The van der Waals surface area contributed by atoms with Crippen LogP contribution in [-0.4, -0.2) is 31.2 Å². The summed E-state index contributed by atoms with van der Waals surface area (Å²) in [6.07, 6.45) is 0. The second-order valence-corrected chi connectivity index (χ2v) is 4.10. The number of hydrogen-bond acceptors (Lipinski definition) is 3. The predicted octanol–water partition coefficient (Wildman–Crippen LogP) is 2.34. The average Bonchev–Trinajstić information content (AvgIpc) is 2.30. The van der Waals surface area contributed by atoms with Gasteiger partial charge in [-0.3, -0.25) is 9.18 Å². The van der Waals surface area contributed by atoms with Crippen molar-refractivity contribution in [2.75, 3.05) is 30.6 Å². The van der Waals surface area contributed by atoms with E-state index in [1.54, 1.807) is 19.2 Å². The van der Waals surface area contributed by atoms with Gasteiger partial charge in [-0.1, -0.05) is 12.1 Å². The predicted molar refractivity (Wildman–Crippen MR) is 64.9 cm³/mol. The van der Waals surface area contributed by atoms with E-state index in [1.807, 2.05) is 12.1 Å². The molecular weight excluding hydrogens is 229 g/mol. The first-order chi connectivity index (χ1) is 7.77. The van der Waals surface area contributed by atoms with E-state index in [0.717, 1.165) is 0 Å². The monoisotopic (exact) mass is 243 g/mol. The minimum atomic E-state index is -0.410. The largest absolute Gasteiger partial charge is 0.495 e. The van der Waals surface area contributed by atoms with Gasteiger partial charge in [0.15, 0.2) is 0 Å². The quantitative estimate of drug-likeness (QED) is 0.779. The zero-order valence-corrected chi connectivity index (χ0v) is 9.85. The lowest BCUT2D eigenvalue weighted by Crippen LogP contribution is -2.15. The van der Waals surface area contributed by atoms with Crippen LogP contribution in [0.2, 0.25) is 0 Å². The highest BCUT2D eigenvalue weighted by atomic mass is 32.2. The Hall–Kier alpha value is -1.23. The van der Waals surface area contributed by atoms with Crippen molar-refractivity contribution in [3.8, 4) is 5.75 Å². The summed E-state index contributed by atoms with van der Waals surface area (Å²) >= 11 is 1.27. The lowest BCUT2D eigenvalue weighted by Gasteiger charge is -2.09. The molecule has 0 saturated carbocycles. The number of alkyl halides is 1. The second-order valence-electron chi connectivity index (χ2n) is 2.99. The highest BCUT2D eigenvalue weighted by Crippen LogP contribution is 2.23. The van der Waals surface area contributed by atoms with Gasteiger partial charge in [0.05, 0.1) is 25.2 Å². The Morgan fingerprint density at radius 2 is 2.25 bits per heavy atom. The molecule has 0 unspecified atom stereocenters. The van der Waals surface area contributed by atoms with Crippen molar-refractivity contribution in [1.29, 1.82) is 0 Å². The Balaban J connectivity index is 2.49. The van der Waals surface area contributed by atoms with Crippen LogP contribution in [0, 0.1) is 0 Å². The van der Waals surface area contributed by atoms with Gasteiger partial charge in [-0.2, -0.15) is 0 Å². The molecule has 0 saturated heterocycles. The van der Waals surface area contributed by atoms with Gasteiger partial charge >= 0.3 is 0 Å². The summed E-state index contributed by atoms with van der Waals surface area (Å²) in [5, 5.41) is 2.71. The smallest absolute Gasteiger partial charge is 0.234 e. The fraction of sp³-hybridized carbons (Fsp3) is 0.364. The van der Waals surface area contributed by atoms with E-state index in [1.165, 1.54) is 11.8 Å². The molecule has 0 bridgehead atoms. The summed E-state index contributed by atoms with van der Waals surface area (Å²) in [5.74, 6) is 1.07. The van der Waals surface area contributed by atoms with Crippen LogP contribution in [0.25, 0.3) is 0 Å². The SMILES string of the molecule is COc1ccccc1NC(=O)CSCCF. The Morgan fingerprint density at radius 3 is 2.94 bits per heavy atom. The molecule has 0 aliphatic heterocycles. The summed E-state index contributed by atoms with van der Waals surface area (Å²) in [4.78, 5) is 11.4. The van der Waals surface area contributed by atoms with Gasteiger partial charge in [-0.25, -0.2) is 0 Å². The van der Waals surface area contributed by atoms with Crippen LogP contribution in [-0.2, 0) is 4.79 Å². The lowest BCUT2D eigenvalue weighted by molar-refractivity contribution is -0.113. The van der Waals surface area contributed by atoms with Crippen molar-refractivity contribution in [2.45, 2.75) is 0 Å². The maximum Gasteiger partial charge on any atom is 0.234 e. The summed E-state index contributed by atoms with van der Waals surface area (Å²) in [7, 11) is 1.54. The third-order valence-corrected chi connectivity index (χ3v) is 2.74. The van der Waals surface area contributed by atoms with E-state index in [4.69, 9.17) is 4.74 Å². The molecule has 1 N–H and O–H groups in total. The third kappa shape index (κ3) is 4.10. The summed E-state index contributed by atoms with van der Waals surface area (Å²) in [5.41, 5.74) is 0.635. The van der Waals surface area contributed by atoms with Gasteiger partial charge in [0.25, 0.3) is 0 Å². The molecule has 3 nitrogen and oxygen atoms in total. The van der Waals surface area contributed by atoms with Gasteiger partial charge in [0.2, 0.25) is 5.91 Å². The first-order valence-corrected chi connectivity index (χ1v) is 6.00. The van der Waals surface area contributed by atoms with Crippen LogP contribution in [0.1, 0.15) is 0 Å². The van der Waals surface area contributed by atoms with Crippen LogP contribution in [0.3, 0.4) is 0 Å². The highest BCUT2D eigenvalue weighted by molar-refractivity contribution is 7.99. The van der Waals surface area contributed by atoms with E-state index >= 15 is 0 Å². The number of carbonyl (C=O) groups excluding carboxylic acids is 1. The number of anilines is 1. The summed E-state index contributed by atoms with van der Waals surface area (Å²) < 4.78 is 16.9. The number of amides is 1. The molecule has 5 heteroatoms. The van der Waals surface area contributed by atoms with Gasteiger partial charge < -0.3 is 10.1 Å². The van der Waals surface area contributed by atoms with E-state index in [9.17, 15) is 9.18 Å². The standard InChI is InChI=1S/C11H14FNO2S/c1-15-10-5-3-2-4-9(10)13-11(14)8-16-7-6-12/h2-5H,6-8H2,1H3,(H,13,14). The average molecular weight is 243 g/mol. The third-order valence-electron chi connectivity index (χ3n) is 1.84. The molecule has 0 aliphatic carbocycles. The molecule has 0 fully saturated rings. The number of carbonyl (C=O) groups is 1. The van der Waals surface area contributed by atoms with Crippen molar-refractivity contribution >= 4 is 23.4 Å². The number of halogens is 1. The lowest BCUT2D eigenvalue weighted by atomic mass is 10.3. The zero-order chi connectivity index (χ0) is 11.8. The highest BCUT2D eigenvalue weighted by Gasteiger charge is 2.06. The molecule has 0 aromatic heterocycles. The Bertz CT molecular complexity index is 347. The Morgan fingerprint density at radius 1 is 1.50 bits per heavy atom. The van der Waals surface area contributed by atoms with E-state index < -0.39 is 6.67 Å². The Labute approximate surface area is 98.4 Å². The maximum atomic E-state index is 11.8. The molecule has 1 rings (SSSR count). The van der Waals surface area contributed by atoms with Crippen molar-refractivity contribution in [2.24, 2.45) is 0 Å². The van der Waals surface area contributed by atoms with Crippen molar-refractivity contribution in [3.05, 3.63) is 24.3 Å². The van der Waals surface area contributed by atoms with Crippen LogP contribution < -0.4 is 10.1 Å². The first-order valence-electron chi connectivity index (χ1n) is 4.84. The Kier molecular flexibility index (Phi) is 5.71. The number of nitrogens with one attached hydrogen (secondary N) is 1. The fourth-order valence-electron chi connectivity index (χ4n) is 1.15. The minimum Gasteiger partial charge on any atom is -0.495 e. The number of methoxy groups -OCH3 is 1. The topological polar surface area (TPSA) is 38.3 Å². The molecule has 88 valence electrons. The summed E-state index contributed by atoms with van der Waals surface area (Å²) in [6, 6.07) is 7.17. The molecule has 1 aromatic rings. The number of para-hydroxylation sites is 2. The van der Waals surface area contributed by atoms with Gasteiger partial charge in [-0.05, 0) is 12.1 Å². The van der Waals surface area contributed by atoms with Crippen molar-refractivity contribution < 1.29 is 13.9 Å². The number of ether oxygens (including phenoxy) is 1. The number of benzene rings is 1. The van der Waals surface area contributed by atoms with E-state index in [0.29, 0.717) is 17.2 Å². The first kappa shape index (κ1) is 12.8. The van der Waals surface area contributed by atoms with E-state index in [-0.39, 0.29) is 11.7 Å². The van der Waals surface area contributed by atoms with Gasteiger partial charge in [0.1, 0.15) is 5.75 Å². The van der Waals surface area contributed by atoms with Gasteiger partial charge in [0, 0.05) is 5.75 Å². The maximum absolute atomic E-state index is 11.8. The molecule has 0 atom stereocenters. The number of hydrogen-bond donors (Lipinski definition) is 1. The number of rotatable bonds is 6. The molecule has 0 radical (unpaired) electrons. The van der Waals surface area contributed by atoms with Crippen LogP contribution in [0.5, 0.6) is 5.75 Å². The number of thioether (sulfide) groups is 1. The van der Waals surface area contributed by atoms with Gasteiger partial charge in [-0.15, -0.1) is 11.8 Å². The van der Waals surface area contributed by atoms with Crippen molar-refractivity contribution in [1.82, 2.24) is 0 Å². The normalized spacial score (nSPS) is 9.88. The van der Waals surface area contributed by atoms with E-state index in [2.05, 4.69) is 5.32 Å². The molecule has 1 aromatic carbocycles. The molecule has 16 heavy (non-hydrogen) atoms. The van der Waals surface area contributed by atoms with Crippen molar-refractivity contribution in [3.63, 3.8) is 0 Å². The minimum absolute atomic E-state index is 0.150. The second kappa shape index (κ2) is 7.11. The summed E-state index contributed by atoms with van der Waals surface area (Å²) in [6.45, 7) is -0.410. The van der Waals surface area contributed by atoms with Crippen LogP contribution in [0.15, 0.2) is 24.3 Å². The molecule has 0 aliphatic rings. The molecule has 1 amide bonds.